The van der Waals surface area contributed by atoms with Gasteiger partial charge in [0, 0.05) is 27.1 Å². The average Bonchev–Trinajstić information content (AvgIpc) is 2.46. The molecule has 0 aromatic heterocycles. The summed E-state index contributed by atoms with van der Waals surface area (Å²) in [6, 6.07) is 6.57. The van der Waals surface area contributed by atoms with Crippen molar-refractivity contribution in [1.82, 2.24) is 0 Å². The minimum atomic E-state index is -1.13. The van der Waals surface area contributed by atoms with Crippen molar-refractivity contribution < 1.29 is 28.9 Å². The van der Waals surface area contributed by atoms with Crippen molar-refractivity contribution >= 4 is 11.9 Å². The fourth-order valence-electron chi connectivity index (χ4n) is 3.00. The van der Waals surface area contributed by atoms with E-state index in [0.717, 1.165) is 0 Å². The quantitative estimate of drug-likeness (QED) is 0.658. The number of carbonyl (C=O) groups excluding carboxylic acids is 1. The highest BCUT2D eigenvalue weighted by atomic mass is 16.7. The molecule has 0 heterocycles. The molecule has 1 saturated carbocycles. The SMILES string of the molecule is COC1(OC)CC(C(=O)O)(c2cccc(C(=O)OC(C)(C)C)c2)C1. The number of carboxylic acid groups (broad SMARTS) is 1. The molecule has 2 rings (SSSR count). The van der Waals surface area contributed by atoms with Crippen LogP contribution in [0, 0.1) is 0 Å². The predicted molar refractivity (Wildman–Crippen MR) is 86.9 cm³/mol. The predicted octanol–water partition coefficient (Wildman–Crippen LogP) is 2.75. The van der Waals surface area contributed by atoms with Gasteiger partial charge in [-0.2, -0.15) is 0 Å². The summed E-state index contributed by atoms with van der Waals surface area (Å²) < 4.78 is 16.0. The zero-order valence-electron chi connectivity index (χ0n) is 14.7. The smallest absolute Gasteiger partial charge is 0.338 e. The van der Waals surface area contributed by atoms with Gasteiger partial charge in [-0.1, -0.05) is 12.1 Å². The van der Waals surface area contributed by atoms with E-state index in [4.69, 9.17) is 14.2 Å². The summed E-state index contributed by atoms with van der Waals surface area (Å²) >= 11 is 0. The van der Waals surface area contributed by atoms with E-state index in [0.29, 0.717) is 11.1 Å². The zero-order valence-corrected chi connectivity index (χ0v) is 14.7. The first-order valence-corrected chi connectivity index (χ1v) is 7.75. The Kier molecular flexibility index (Phi) is 4.74. The molecule has 0 amide bonds. The normalized spacial score (nSPS) is 18.5. The fourth-order valence-corrected chi connectivity index (χ4v) is 3.00. The number of benzene rings is 1. The number of esters is 1. The van der Waals surface area contributed by atoms with Crippen LogP contribution in [0.2, 0.25) is 0 Å². The monoisotopic (exact) mass is 336 g/mol. The Morgan fingerprint density at radius 1 is 1.12 bits per heavy atom. The van der Waals surface area contributed by atoms with E-state index in [1.54, 1.807) is 45.0 Å². The van der Waals surface area contributed by atoms with E-state index >= 15 is 0 Å². The number of methoxy groups -OCH3 is 2. The summed E-state index contributed by atoms with van der Waals surface area (Å²) in [5.41, 5.74) is -0.877. The van der Waals surface area contributed by atoms with Crippen LogP contribution in [0.15, 0.2) is 24.3 Å². The molecule has 0 aliphatic heterocycles. The van der Waals surface area contributed by atoms with Crippen LogP contribution in [-0.2, 0) is 24.4 Å². The summed E-state index contributed by atoms with van der Waals surface area (Å²) in [5.74, 6) is -2.34. The molecule has 1 aliphatic carbocycles. The molecule has 1 fully saturated rings. The highest BCUT2D eigenvalue weighted by Crippen LogP contribution is 2.52. The summed E-state index contributed by atoms with van der Waals surface area (Å²) in [5, 5.41) is 9.75. The molecule has 0 atom stereocenters. The second-order valence-electron chi connectivity index (χ2n) is 7.14. The van der Waals surface area contributed by atoms with E-state index in [1.807, 2.05) is 0 Å². The first-order valence-electron chi connectivity index (χ1n) is 7.75. The standard InChI is InChI=1S/C18H24O6/c1-16(2,3)24-14(19)12-7-6-8-13(9-12)17(15(20)21)10-18(11-17,22-4)23-5/h6-9H,10-11H2,1-5H3,(H,20,21). The molecule has 0 spiro atoms. The largest absolute Gasteiger partial charge is 0.481 e. The molecule has 1 aromatic carbocycles. The van der Waals surface area contributed by atoms with Gasteiger partial charge in [-0.15, -0.1) is 0 Å². The zero-order chi connectivity index (χ0) is 18.2. The fraction of sp³-hybridized carbons (Fsp3) is 0.556. The Morgan fingerprint density at radius 2 is 1.71 bits per heavy atom. The highest BCUT2D eigenvalue weighted by molar-refractivity contribution is 5.91. The molecule has 1 aliphatic rings. The maximum Gasteiger partial charge on any atom is 0.338 e. The van der Waals surface area contributed by atoms with Gasteiger partial charge in [0.15, 0.2) is 5.79 Å². The molecule has 1 aromatic rings. The van der Waals surface area contributed by atoms with Crippen molar-refractivity contribution in [2.45, 2.75) is 50.4 Å². The lowest BCUT2D eigenvalue weighted by Gasteiger charge is -2.51. The van der Waals surface area contributed by atoms with Crippen LogP contribution in [-0.4, -0.2) is 42.7 Å². The topological polar surface area (TPSA) is 82.1 Å². The first-order chi connectivity index (χ1) is 11.1. The second kappa shape index (κ2) is 6.18. The molecule has 1 N–H and O–H groups in total. The van der Waals surface area contributed by atoms with Gasteiger partial charge < -0.3 is 19.3 Å². The summed E-state index contributed by atoms with van der Waals surface area (Å²) in [6.07, 6.45) is 0.361. The van der Waals surface area contributed by atoms with Gasteiger partial charge in [0.1, 0.15) is 11.0 Å². The first kappa shape index (κ1) is 18.4. The Labute approximate surface area is 141 Å². The van der Waals surface area contributed by atoms with Crippen LogP contribution in [0.3, 0.4) is 0 Å². The van der Waals surface area contributed by atoms with Crippen LogP contribution in [0.25, 0.3) is 0 Å². The third kappa shape index (κ3) is 3.30. The number of carboxylic acids is 1. The van der Waals surface area contributed by atoms with Crippen LogP contribution in [0.4, 0.5) is 0 Å². The maximum absolute atomic E-state index is 12.2. The Bertz CT molecular complexity index is 631. The van der Waals surface area contributed by atoms with Gasteiger partial charge >= 0.3 is 11.9 Å². The van der Waals surface area contributed by atoms with Crippen molar-refractivity contribution in [1.29, 1.82) is 0 Å². The summed E-state index contributed by atoms with van der Waals surface area (Å²) in [6.45, 7) is 5.35. The lowest BCUT2D eigenvalue weighted by molar-refractivity contribution is -0.277. The van der Waals surface area contributed by atoms with E-state index in [2.05, 4.69) is 0 Å². The number of hydrogen-bond acceptors (Lipinski definition) is 5. The minimum absolute atomic E-state index is 0.181. The molecule has 0 saturated heterocycles. The molecule has 0 unspecified atom stereocenters. The molecular weight excluding hydrogens is 312 g/mol. The van der Waals surface area contributed by atoms with Crippen molar-refractivity contribution in [3.63, 3.8) is 0 Å². The Morgan fingerprint density at radius 3 is 2.17 bits per heavy atom. The van der Waals surface area contributed by atoms with Crippen molar-refractivity contribution in [3.05, 3.63) is 35.4 Å². The third-order valence-corrected chi connectivity index (χ3v) is 4.35. The van der Waals surface area contributed by atoms with Gasteiger partial charge in [-0.25, -0.2) is 4.79 Å². The number of carbonyl (C=O) groups is 2. The minimum Gasteiger partial charge on any atom is -0.481 e. The third-order valence-electron chi connectivity index (χ3n) is 4.35. The molecule has 132 valence electrons. The van der Waals surface area contributed by atoms with Gasteiger partial charge in [-0.05, 0) is 38.5 Å². The van der Waals surface area contributed by atoms with Crippen LogP contribution < -0.4 is 0 Å². The van der Waals surface area contributed by atoms with Crippen molar-refractivity contribution in [3.8, 4) is 0 Å². The van der Waals surface area contributed by atoms with Crippen molar-refractivity contribution in [2.75, 3.05) is 14.2 Å². The van der Waals surface area contributed by atoms with E-state index in [9.17, 15) is 14.7 Å². The van der Waals surface area contributed by atoms with Gasteiger partial charge in [0.2, 0.25) is 0 Å². The average molecular weight is 336 g/mol. The number of ether oxygens (including phenoxy) is 3. The highest BCUT2D eigenvalue weighted by Gasteiger charge is 2.61. The molecule has 0 bridgehead atoms. The van der Waals surface area contributed by atoms with Gasteiger partial charge in [0.25, 0.3) is 0 Å². The van der Waals surface area contributed by atoms with Crippen LogP contribution >= 0.6 is 0 Å². The molecular formula is C18H24O6. The number of hydrogen-bond donors (Lipinski definition) is 1. The van der Waals surface area contributed by atoms with Gasteiger partial charge in [0.05, 0.1) is 5.56 Å². The molecule has 24 heavy (non-hydrogen) atoms. The number of aliphatic carboxylic acids is 1. The lowest BCUT2D eigenvalue weighted by Crippen LogP contribution is -2.60. The Balaban J connectivity index is 2.33. The summed E-state index contributed by atoms with van der Waals surface area (Å²) in [7, 11) is 2.98. The van der Waals surface area contributed by atoms with Gasteiger partial charge in [-0.3, -0.25) is 4.79 Å². The van der Waals surface area contributed by atoms with E-state index in [1.165, 1.54) is 14.2 Å². The second-order valence-corrected chi connectivity index (χ2v) is 7.14. The molecule has 0 radical (unpaired) electrons. The van der Waals surface area contributed by atoms with Crippen LogP contribution in [0.5, 0.6) is 0 Å². The van der Waals surface area contributed by atoms with E-state index < -0.39 is 28.7 Å². The van der Waals surface area contributed by atoms with Crippen molar-refractivity contribution in [2.24, 2.45) is 0 Å². The number of rotatable bonds is 5. The van der Waals surface area contributed by atoms with Crippen LogP contribution in [0.1, 0.15) is 49.5 Å². The summed E-state index contributed by atoms with van der Waals surface area (Å²) in [4.78, 5) is 24.1. The molecule has 6 heteroatoms. The van der Waals surface area contributed by atoms with E-state index in [-0.39, 0.29) is 12.8 Å². The lowest BCUT2D eigenvalue weighted by atomic mass is 9.60. The molecule has 6 nitrogen and oxygen atoms in total. The Hall–Kier alpha value is -1.92. The maximum atomic E-state index is 12.2.